The zero-order valence-electron chi connectivity index (χ0n) is 16.9. The molecule has 0 aliphatic carbocycles. The summed E-state index contributed by atoms with van der Waals surface area (Å²) in [5, 5.41) is 25.0. The molecule has 0 radical (unpaired) electrons. The maximum absolute atomic E-state index is 12.7. The van der Waals surface area contributed by atoms with E-state index in [0.717, 1.165) is 0 Å². The molecule has 1 aromatic carbocycles. The van der Waals surface area contributed by atoms with E-state index in [0.29, 0.717) is 5.56 Å². The first-order valence-electron chi connectivity index (χ1n) is 9.37. The van der Waals surface area contributed by atoms with Gasteiger partial charge in [0.15, 0.2) is 0 Å². The van der Waals surface area contributed by atoms with E-state index in [2.05, 4.69) is 16.0 Å². The summed E-state index contributed by atoms with van der Waals surface area (Å²) in [5.74, 6) is -4.74. The zero-order valence-corrected chi connectivity index (χ0v) is 16.9. The van der Waals surface area contributed by atoms with Crippen LogP contribution in [0.3, 0.4) is 0 Å². The van der Waals surface area contributed by atoms with Gasteiger partial charge < -0.3 is 37.6 Å². The van der Waals surface area contributed by atoms with E-state index in [1.165, 1.54) is 6.92 Å². The van der Waals surface area contributed by atoms with Crippen LogP contribution < -0.4 is 27.4 Å². The molecule has 0 aliphatic rings. The first-order chi connectivity index (χ1) is 14.5. The van der Waals surface area contributed by atoms with Crippen LogP contribution in [0, 0.1) is 0 Å². The smallest absolute Gasteiger partial charge is 0.326 e. The molecule has 0 spiro atoms. The minimum absolute atomic E-state index is 0.0120. The summed E-state index contributed by atoms with van der Waals surface area (Å²) in [6.45, 7) is 0.734. The minimum Gasteiger partial charge on any atom is -0.480 e. The lowest BCUT2D eigenvalue weighted by Crippen LogP contribution is -2.57. The molecule has 1 rings (SSSR count). The van der Waals surface area contributed by atoms with Gasteiger partial charge in [0.2, 0.25) is 23.6 Å². The molecular formula is C19H27N5O7. The number of carboxylic acid groups (broad SMARTS) is 1. The number of primary amides is 1. The molecule has 9 N–H and O–H groups in total. The number of hydrogen-bond acceptors (Lipinski definition) is 7. The van der Waals surface area contributed by atoms with E-state index in [9.17, 15) is 29.1 Å². The first kappa shape index (κ1) is 25.5. The van der Waals surface area contributed by atoms with E-state index in [4.69, 9.17) is 16.6 Å². The average molecular weight is 437 g/mol. The average Bonchev–Trinajstić information content (AvgIpc) is 2.72. The molecule has 0 aliphatic heterocycles. The van der Waals surface area contributed by atoms with Gasteiger partial charge in [0.05, 0.1) is 13.0 Å². The molecule has 12 heteroatoms. The summed E-state index contributed by atoms with van der Waals surface area (Å²) in [7, 11) is 0. The third kappa shape index (κ3) is 8.80. The fraction of sp³-hybridized carbons (Fsp3) is 0.421. The molecule has 31 heavy (non-hydrogen) atoms. The van der Waals surface area contributed by atoms with Gasteiger partial charge >= 0.3 is 5.97 Å². The molecule has 0 bridgehead atoms. The summed E-state index contributed by atoms with van der Waals surface area (Å²) >= 11 is 0. The van der Waals surface area contributed by atoms with Crippen molar-refractivity contribution < 1.29 is 34.2 Å². The zero-order chi connectivity index (χ0) is 23.6. The molecule has 4 unspecified atom stereocenters. The van der Waals surface area contributed by atoms with Crippen molar-refractivity contribution in [1.29, 1.82) is 0 Å². The molecule has 12 nitrogen and oxygen atoms in total. The highest BCUT2D eigenvalue weighted by Crippen LogP contribution is 2.05. The maximum atomic E-state index is 12.7. The fourth-order valence-electron chi connectivity index (χ4n) is 2.50. The number of rotatable bonds is 12. The van der Waals surface area contributed by atoms with Crippen LogP contribution in [0.2, 0.25) is 0 Å². The van der Waals surface area contributed by atoms with Crippen molar-refractivity contribution in [2.75, 3.05) is 6.61 Å². The number of carbonyl (C=O) groups excluding carboxylic acids is 4. The van der Waals surface area contributed by atoms with E-state index in [1.807, 2.05) is 0 Å². The number of nitrogens with one attached hydrogen (secondary N) is 3. The third-order valence-electron chi connectivity index (χ3n) is 4.22. The highest BCUT2D eigenvalue weighted by Gasteiger charge is 2.29. The number of amides is 4. The molecule has 0 aromatic heterocycles. The summed E-state index contributed by atoms with van der Waals surface area (Å²) in [5.41, 5.74) is 11.1. The molecule has 0 saturated heterocycles. The second kappa shape index (κ2) is 12.2. The molecule has 4 atom stereocenters. The quantitative estimate of drug-likeness (QED) is 0.178. The fourth-order valence-corrected chi connectivity index (χ4v) is 2.50. The predicted octanol–water partition coefficient (Wildman–Crippen LogP) is -3.02. The van der Waals surface area contributed by atoms with Gasteiger partial charge in [0.1, 0.15) is 24.2 Å². The number of aliphatic hydroxyl groups excluding tert-OH is 1. The topological polar surface area (TPSA) is 214 Å². The SMILES string of the molecule is CC(NC(=O)C(N)CO)C(=O)NC(Cc1ccccc1)C(=O)NC(CC(N)=O)C(=O)O. The number of nitrogens with two attached hydrogens (primary N) is 2. The van der Waals surface area contributed by atoms with Crippen LogP contribution in [0.15, 0.2) is 30.3 Å². The van der Waals surface area contributed by atoms with Crippen LogP contribution in [-0.2, 0) is 30.4 Å². The van der Waals surface area contributed by atoms with Gasteiger partial charge in [0, 0.05) is 6.42 Å². The lowest BCUT2D eigenvalue weighted by atomic mass is 10.0. The summed E-state index contributed by atoms with van der Waals surface area (Å²) in [6.07, 6.45) is -0.614. The standard InChI is InChI=1S/C19H27N5O7/c1-10(22-17(28)12(20)9-25)16(27)23-13(7-11-5-3-2-4-6-11)18(29)24-14(19(30)31)8-15(21)26/h2-6,10,12-14,25H,7-9,20H2,1H3,(H2,21,26)(H,22,28)(H,23,27)(H,24,29)(H,30,31). The maximum Gasteiger partial charge on any atom is 0.326 e. The Morgan fingerprint density at radius 1 is 0.935 bits per heavy atom. The van der Waals surface area contributed by atoms with Crippen molar-refractivity contribution in [1.82, 2.24) is 16.0 Å². The Kier molecular flexibility index (Phi) is 10.1. The van der Waals surface area contributed by atoms with E-state index in [1.54, 1.807) is 30.3 Å². The van der Waals surface area contributed by atoms with Gasteiger partial charge in [-0.25, -0.2) is 4.79 Å². The number of benzene rings is 1. The van der Waals surface area contributed by atoms with Gasteiger partial charge in [-0.3, -0.25) is 19.2 Å². The Morgan fingerprint density at radius 2 is 1.52 bits per heavy atom. The number of aliphatic carboxylic acids is 1. The van der Waals surface area contributed by atoms with E-state index >= 15 is 0 Å². The van der Waals surface area contributed by atoms with Crippen LogP contribution in [0.25, 0.3) is 0 Å². The first-order valence-corrected chi connectivity index (χ1v) is 9.37. The van der Waals surface area contributed by atoms with Gasteiger partial charge in [-0.1, -0.05) is 30.3 Å². The van der Waals surface area contributed by atoms with Crippen LogP contribution in [-0.4, -0.2) is 70.6 Å². The lowest BCUT2D eigenvalue weighted by molar-refractivity contribution is -0.143. The molecule has 4 amide bonds. The van der Waals surface area contributed by atoms with Crippen LogP contribution in [0.4, 0.5) is 0 Å². The Bertz CT molecular complexity index is 802. The minimum atomic E-state index is -1.57. The van der Waals surface area contributed by atoms with Gasteiger partial charge in [-0.05, 0) is 12.5 Å². The Balaban J connectivity index is 2.96. The predicted molar refractivity (Wildman–Crippen MR) is 108 cm³/mol. The van der Waals surface area contributed by atoms with Crippen LogP contribution in [0.1, 0.15) is 18.9 Å². The van der Waals surface area contributed by atoms with E-state index < -0.39 is 66.8 Å². The summed E-state index contributed by atoms with van der Waals surface area (Å²) in [6, 6.07) is 3.51. The Labute approximate surface area is 178 Å². The third-order valence-corrected chi connectivity index (χ3v) is 4.22. The molecule has 0 saturated carbocycles. The molecular weight excluding hydrogens is 410 g/mol. The van der Waals surface area contributed by atoms with Crippen molar-refractivity contribution >= 4 is 29.6 Å². The second-order valence-corrected chi connectivity index (χ2v) is 6.84. The molecule has 170 valence electrons. The second-order valence-electron chi connectivity index (χ2n) is 6.84. The lowest BCUT2D eigenvalue weighted by Gasteiger charge is -2.23. The van der Waals surface area contributed by atoms with Gasteiger partial charge in [0.25, 0.3) is 0 Å². The Morgan fingerprint density at radius 3 is 2.03 bits per heavy atom. The van der Waals surface area contributed by atoms with Crippen molar-refractivity contribution in [2.45, 2.75) is 43.9 Å². The summed E-state index contributed by atoms with van der Waals surface area (Å²) in [4.78, 5) is 59.3. The van der Waals surface area contributed by atoms with Crippen molar-refractivity contribution in [2.24, 2.45) is 11.5 Å². The van der Waals surface area contributed by atoms with Gasteiger partial charge in [-0.2, -0.15) is 0 Å². The highest BCUT2D eigenvalue weighted by atomic mass is 16.4. The number of carboxylic acids is 1. The van der Waals surface area contributed by atoms with Crippen molar-refractivity contribution in [3.63, 3.8) is 0 Å². The normalized spacial score (nSPS) is 14.4. The largest absolute Gasteiger partial charge is 0.480 e. The van der Waals surface area contributed by atoms with Gasteiger partial charge in [-0.15, -0.1) is 0 Å². The Hall–Kier alpha value is -3.51. The highest BCUT2D eigenvalue weighted by molar-refractivity contribution is 5.94. The van der Waals surface area contributed by atoms with Crippen molar-refractivity contribution in [3.05, 3.63) is 35.9 Å². The van der Waals surface area contributed by atoms with E-state index in [-0.39, 0.29) is 6.42 Å². The summed E-state index contributed by atoms with van der Waals surface area (Å²) < 4.78 is 0. The molecule has 0 heterocycles. The number of hydrogen-bond donors (Lipinski definition) is 7. The van der Waals surface area contributed by atoms with Crippen LogP contribution >= 0.6 is 0 Å². The molecule has 1 aromatic rings. The monoisotopic (exact) mass is 437 g/mol. The number of carbonyl (C=O) groups is 5. The number of aliphatic hydroxyl groups is 1. The molecule has 0 fully saturated rings. The van der Waals surface area contributed by atoms with Crippen LogP contribution in [0.5, 0.6) is 0 Å². The van der Waals surface area contributed by atoms with Crippen molar-refractivity contribution in [3.8, 4) is 0 Å².